The first-order chi connectivity index (χ1) is 6.74. The van der Waals surface area contributed by atoms with Crippen LogP contribution in [0.15, 0.2) is 30.3 Å². The molecule has 0 unspecified atom stereocenters. The molecule has 2 aromatic rings. The zero-order valence-electron chi connectivity index (χ0n) is 8.79. The topological polar surface area (TPSA) is 9.23 Å². The van der Waals surface area contributed by atoms with E-state index in [0.29, 0.717) is 0 Å². The van der Waals surface area contributed by atoms with Crippen LogP contribution in [0, 0.1) is 13.8 Å². The van der Waals surface area contributed by atoms with Crippen molar-refractivity contribution in [1.29, 1.82) is 0 Å². The van der Waals surface area contributed by atoms with Gasteiger partial charge in [-0.2, -0.15) is 0 Å². The fraction of sp³-hybridized carbons (Fsp3) is 0.231. The van der Waals surface area contributed by atoms with Crippen LogP contribution in [0.3, 0.4) is 0 Å². The SMILES string of the molecule is COc1cccc2c(C)c(C)ccc12. The molecule has 1 heteroatoms. The molecule has 72 valence electrons. The molecule has 0 aromatic heterocycles. The highest BCUT2D eigenvalue weighted by atomic mass is 16.5. The molecule has 0 heterocycles. The van der Waals surface area contributed by atoms with Crippen molar-refractivity contribution in [3.05, 3.63) is 41.5 Å². The van der Waals surface area contributed by atoms with E-state index in [9.17, 15) is 0 Å². The zero-order valence-corrected chi connectivity index (χ0v) is 8.79. The Balaban J connectivity index is 2.86. The van der Waals surface area contributed by atoms with E-state index in [0.717, 1.165) is 5.75 Å². The van der Waals surface area contributed by atoms with E-state index in [1.165, 1.54) is 21.9 Å². The third-order valence-electron chi connectivity index (χ3n) is 2.78. The average Bonchev–Trinajstić information content (AvgIpc) is 2.23. The minimum Gasteiger partial charge on any atom is -0.496 e. The summed E-state index contributed by atoms with van der Waals surface area (Å²) < 4.78 is 5.32. The Labute approximate surface area is 84.3 Å². The predicted molar refractivity (Wildman–Crippen MR) is 60.0 cm³/mol. The molecule has 2 aromatic carbocycles. The van der Waals surface area contributed by atoms with E-state index >= 15 is 0 Å². The van der Waals surface area contributed by atoms with E-state index in [1.54, 1.807) is 7.11 Å². The summed E-state index contributed by atoms with van der Waals surface area (Å²) in [6, 6.07) is 10.4. The van der Waals surface area contributed by atoms with Gasteiger partial charge >= 0.3 is 0 Å². The van der Waals surface area contributed by atoms with Crippen LogP contribution in [-0.2, 0) is 0 Å². The van der Waals surface area contributed by atoms with E-state index in [2.05, 4.69) is 32.0 Å². The molecule has 0 saturated carbocycles. The number of hydrogen-bond acceptors (Lipinski definition) is 1. The molecule has 0 aliphatic heterocycles. The van der Waals surface area contributed by atoms with Crippen LogP contribution < -0.4 is 4.74 Å². The highest BCUT2D eigenvalue weighted by Crippen LogP contribution is 2.28. The summed E-state index contributed by atoms with van der Waals surface area (Å²) in [7, 11) is 1.71. The first-order valence-electron chi connectivity index (χ1n) is 4.77. The molecule has 0 radical (unpaired) electrons. The van der Waals surface area contributed by atoms with Gasteiger partial charge in [-0.05, 0) is 36.4 Å². The lowest BCUT2D eigenvalue weighted by Crippen LogP contribution is -1.88. The van der Waals surface area contributed by atoms with E-state index in [4.69, 9.17) is 4.74 Å². The average molecular weight is 186 g/mol. The largest absolute Gasteiger partial charge is 0.496 e. The first kappa shape index (κ1) is 9.07. The molecule has 2 rings (SSSR count). The Hall–Kier alpha value is -1.50. The highest BCUT2D eigenvalue weighted by Gasteiger charge is 2.03. The summed E-state index contributed by atoms with van der Waals surface area (Å²) in [5.41, 5.74) is 2.66. The number of fused-ring (bicyclic) bond motifs is 1. The number of rotatable bonds is 1. The van der Waals surface area contributed by atoms with Crippen molar-refractivity contribution in [2.24, 2.45) is 0 Å². The molecule has 0 spiro atoms. The number of hydrogen-bond donors (Lipinski definition) is 0. The van der Waals surface area contributed by atoms with Gasteiger partial charge in [-0.3, -0.25) is 0 Å². The minimum absolute atomic E-state index is 0.950. The van der Waals surface area contributed by atoms with E-state index in [1.807, 2.05) is 12.1 Å². The molecule has 0 fully saturated rings. The van der Waals surface area contributed by atoms with Crippen LogP contribution in [-0.4, -0.2) is 7.11 Å². The van der Waals surface area contributed by atoms with Gasteiger partial charge in [0.1, 0.15) is 5.75 Å². The molecule has 0 N–H and O–H groups in total. The van der Waals surface area contributed by atoms with Gasteiger partial charge in [0.2, 0.25) is 0 Å². The van der Waals surface area contributed by atoms with Gasteiger partial charge in [0.05, 0.1) is 7.11 Å². The van der Waals surface area contributed by atoms with Crippen molar-refractivity contribution in [2.45, 2.75) is 13.8 Å². The Morgan fingerprint density at radius 3 is 2.43 bits per heavy atom. The third-order valence-corrected chi connectivity index (χ3v) is 2.78. The lowest BCUT2D eigenvalue weighted by atomic mass is 10.0. The third kappa shape index (κ3) is 1.25. The van der Waals surface area contributed by atoms with Crippen LogP contribution in [0.5, 0.6) is 5.75 Å². The number of ether oxygens (including phenoxy) is 1. The highest BCUT2D eigenvalue weighted by molar-refractivity contribution is 5.91. The van der Waals surface area contributed by atoms with Crippen molar-refractivity contribution in [2.75, 3.05) is 7.11 Å². The second-order valence-corrected chi connectivity index (χ2v) is 3.56. The van der Waals surface area contributed by atoms with Crippen LogP contribution >= 0.6 is 0 Å². The molecule has 14 heavy (non-hydrogen) atoms. The molecule has 0 aliphatic rings. The zero-order chi connectivity index (χ0) is 10.1. The standard InChI is InChI=1S/C13H14O/c1-9-7-8-12-11(10(9)2)5-4-6-13(12)14-3/h4-8H,1-3H3. The van der Waals surface area contributed by atoms with Gasteiger partial charge in [-0.25, -0.2) is 0 Å². The Morgan fingerprint density at radius 1 is 0.929 bits per heavy atom. The number of benzene rings is 2. The van der Waals surface area contributed by atoms with Crippen LogP contribution in [0.2, 0.25) is 0 Å². The fourth-order valence-electron chi connectivity index (χ4n) is 1.77. The summed E-state index contributed by atoms with van der Waals surface area (Å²) in [6.07, 6.45) is 0. The van der Waals surface area contributed by atoms with Gasteiger partial charge in [-0.15, -0.1) is 0 Å². The molecular weight excluding hydrogens is 172 g/mol. The molecule has 0 amide bonds. The van der Waals surface area contributed by atoms with Crippen molar-refractivity contribution >= 4 is 10.8 Å². The van der Waals surface area contributed by atoms with Crippen LogP contribution in [0.1, 0.15) is 11.1 Å². The van der Waals surface area contributed by atoms with Gasteiger partial charge in [-0.1, -0.05) is 24.3 Å². The first-order valence-corrected chi connectivity index (χ1v) is 4.77. The monoisotopic (exact) mass is 186 g/mol. The lowest BCUT2D eigenvalue weighted by Gasteiger charge is -2.09. The van der Waals surface area contributed by atoms with Crippen molar-refractivity contribution in [1.82, 2.24) is 0 Å². The number of methoxy groups -OCH3 is 1. The second kappa shape index (κ2) is 3.33. The molecule has 0 atom stereocenters. The quantitative estimate of drug-likeness (QED) is 0.662. The Bertz CT molecular complexity index is 472. The van der Waals surface area contributed by atoms with E-state index < -0.39 is 0 Å². The van der Waals surface area contributed by atoms with Crippen LogP contribution in [0.4, 0.5) is 0 Å². The normalized spacial score (nSPS) is 10.5. The predicted octanol–water partition coefficient (Wildman–Crippen LogP) is 3.47. The molecule has 0 saturated heterocycles. The summed E-state index contributed by atoms with van der Waals surface area (Å²) in [5.74, 6) is 0.950. The maximum absolute atomic E-state index is 5.32. The summed E-state index contributed by atoms with van der Waals surface area (Å²) in [4.78, 5) is 0. The van der Waals surface area contributed by atoms with Crippen molar-refractivity contribution in [3.8, 4) is 5.75 Å². The van der Waals surface area contributed by atoms with Crippen molar-refractivity contribution < 1.29 is 4.74 Å². The maximum Gasteiger partial charge on any atom is 0.126 e. The smallest absolute Gasteiger partial charge is 0.126 e. The number of aryl methyl sites for hydroxylation is 2. The summed E-state index contributed by atoms with van der Waals surface area (Å²) in [6.45, 7) is 4.28. The summed E-state index contributed by atoms with van der Waals surface area (Å²) >= 11 is 0. The molecule has 0 bridgehead atoms. The summed E-state index contributed by atoms with van der Waals surface area (Å²) in [5, 5.41) is 2.47. The Morgan fingerprint density at radius 2 is 1.71 bits per heavy atom. The van der Waals surface area contributed by atoms with Gasteiger partial charge in [0, 0.05) is 5.39 Å². The lowest BCUT2D eigenvalue weighted by molar-refractivity contribution is 0.420. The Kier molecular flexibility index (Phi) is 2.16. The van der Waals surface area contributed by atoms with Gasteiger partial charge in [0.25, 0.3) is 0 Å². The molecule has 0 aliphatic carbocycles. The van der Waals surface area contributed by atoms with Gasteiger partial charge in [0.15, 0.2) is 0 Å². The maximum atomic E-state index is 5.32. The molecular formula is C13H14O. The van der Waals surface area contributed by atoms with Gasteiger partial charge < -0.3 is 4.74 Å². The van der Waals surface area contributed by atoms with Crippen LogP contribution in [0.25, 0.3) is 10.8 Å². The molecule has 1 nitrogen and oxygen atoms in total. The van der Waals surface area contributed by atoms with Crippen molar-refractivity contribution in [3.63, 3.8) is 0 Å². The fourth-order valence-corrected chi connectivity index (χ4v) is 1.77. The van der Waals surface area contributed by atoms with E-state index in [-0.39, 0.29) is 0 Å². The minimum atomic E-state index is 0.950. The second-order valence-electron chi connectivity index (χ2n) is 3.56.